The Morgan fingerprint density at radius 1 is 0.815 bits per heavy atom. The van der Waals surface area contributed by atoms with Crippen LogP contribution in [-0.2, 0) is 57.5 Å². The first-order valence-electron chi connectivity index (χ1n) is 29.2. The number of hydrogen-bond acceptors (Lipinski definition) is 13. The molecule has 81 heavy (non-hydrogen) atoms. The molecule has 19 heteroatoms. The van der Waals surface area contributed by atoms with Gasteiger partial charge >= 0.3 is 6.03 Å². The van der Waals surface area contributed by atoms with Crippen molar-refractivity contribution in [1.29, 1.82) is 0 Å². The van der Waals surface area contributed by atoms with Gasteiger partial charge in [0.15, 0.2) is 11.6 Å². The van der Waals surface area contributed by atoms with Gasteiger partial charge in [-0.05, 0) is 85.9 Å². The second-order valence-corrected chi connectivity index (χ2v) is 24.3. The quantitative estimate of drug-likeness (QED) is 0.0377. The van der Waals surface area contributed by atoms with E-state index in [0.717, 1.165) is 28.1 Å². The zero-order valence-electron chi connectivity index (χ0n) is 50.7. The van der Waals surface area contributed by atoms with Gasteiger partial charge in [0.1, 0.15) is 5.01 Å². The van der Waals surface area contributed by atoms with E-state index in [-0.39, 0.29) is 90.9 Å². The van der Waals surface area contributed by atoms with Crippen molar-refractivity contribution in [3.8, 4) is 0 Å². The summed E-state index contributed by atoms with van der Waals surface area (Å²) in [7, 11) is 6.88. The maximum Gasteiger partial charge on any atom is 0.312 e. The van der Waals surface area contributed by atoms with Crippen molar-refractivity contribution in [1.82, 2.24) is 35.6 Å². The van der Waals surface area contributed by atoms with Gasteiger partial charge in [0.2, 0.25) is 23.6 Å². The van der Waals surface area contributed by atoms with Crippen LogP contribution in [0.25, 0.3) is 0 Å². The lowest BCUT2D eigenvalue weighted by atomic mass is 9.83. The van der Waals surface area contributed by atoms with Gasteiger partial charge in [-0.2, -0.15) is 0 Å². The third kappa shape index (κ3) is 20.1. The van der Waals surface area contributed by atoms with Crippen LogP contribution in [0.15, 0.2) is 66.2 Å². The molecule has 0 aliphatic carbocycles. The lowest BCUT2D eigenvalue weighted by Gasteiger charge is -2.41. The molecule has 0 bridgehead atoms. The topological polar surface area (TPSA) is 249 Å². The molecule has 1 fully saturated rings. The van der Waals surface area contributed by atoms with Gasteiger partial charge in [0.25, 0.3) is 0 Å². The van der Waals surface area contributed by atoms with Gasteiger partial charge in [-0.15, -0.1) is 11.3 Å². The van der Waals surface area contributed by atoms with Crippen LogP contribution >= 0.6 is 11.3 Å². The van der Waals surface area contributed by atoms with Crippen molar-refractivity contribution in [2.75, 3.05) is 47.9 Å². The molecule has 18 nitrogen and oxygen atoms in total. The molecule has 0 saturated carbocycles. The first-order valence-corrected chi connectivity index (χ1v) is 30.1. The number of benzene rings is 2. The Hall–Kier alpha value is -5.60. The fourth-order valence-electron chi connectivity index (χ4n) is 11.4. The number of hydrogen-bond donors (Lipinski definition) is 5. The molecule has 1 aliphatic rings. The number of ether oxygens (including phenoxy) is 2. The SMILES string of the molecule is CC[C@H](C)[C@@H]([C@@H](CC(=O)N1CCC[C@H]1[C@H](OC)[C@@H](C)C(=O)N[C@@H](Cc1ccccc1)c1nccs1)OC)N(C)C(=O)[C@@H](CC(=O)[C@H](C(C)C)N(C)CCc1ccc(CC(=O)[C@H](CCCNC(N)=O)NC(=O)[C@@H](N)C(C)C)cc1)C(C)C. The molecule has 2 aromatic carbocycles. The van der Waals surface area contributed by atoms with Gasteiger partial charge in [-0.25, -0.2) is 9.78 Å². The van der Waals surface area contributed by atoms with Gasteiger partial charge in [-0.1, -0.05) is 123 Å². The van der Waals surface area contributed by atoms with Gasteiger partial charge in [-0.3, -0.25) is 33.7 Å². The van der Waals surface area contributed by atoms with Crippen molar-refractivity contribution in [3.05, 3.63) is 87.9 Å². The van der Waals surface area contributed by atoms with Gasteiger partial charge in [0, 0.05) is 71.2 Å². The smallest absolute Gasteiger partial charge is 0.312 e. The number of nitrogens with zero attached hydrogens (tertiary/aromatic N) is 4. The van der Waals surface area contributed by atoms with Crippen LogP contribution < -0.4 is 27.4 Å². The minimum atomic E-state index is -0.788. The average Bonchev–Trinajstić information content (AvgIpc) is 4.23. The number of amides is 6. The zero-order valence-corrected chi connectivity index (χ0v) is 51.5. The summed E-state index contributed by atoms with van der Waals surface area (Å²) in [6.07, 6.45) is 4.73. The number of thiazole rings is 1. The highest BCUT2D eigenvalue weighted by molar-refractivity contribution is 7.09. The minimum absolute atomic E-state index is 0.0132. The number of rotatable bonds is 35. The molecule has 1 aromatic heterocycles. The van der Waals surface area contributed by atoms with Crippen molar-refractivity contribution in [2.24, 2.45) is 47.0 Å². The third-order valence-electron chi connectivity index (χ3n) is 16.4. The summed E-state index contributed by atoms with van der Waals surface area (Å²) in [5.74, 6) is -2.69. The number of methoxy groups -OCH3 is 2. The Morgan fingerprint density at radius 2 is 1.48 bits per heavy atom. The number of urea groups is 1. The number of ketones is 2. The molecule has 6 amide bonds. The largest absolute Gasteiger partial charge is 0.379 e. The number of nitrogens with one attached hydrogen (secondary N) is 3. The van der Waals surface area contributed by atoms with E-state index >= 15 is 0 Å². The molecule has 0 radical (unpaired) electrons. The number of Topliss-reactive ketones (excluding diaryl/α,β-unsaturated/α-hetero) is 2. The monoisotopic (exact) mass is 1140 g/mol. The summed E-state index contributed by atoms with van der Waals surface area (Å²) >= 11 is 1.49. The predicted molar refractivity (Wildman–Crippen MR) is 319 cm³/mol. The molecule has 1 aliphatic heterocycles. The second kappa shape index (κ2) is 33.5. The third-order valence-corrected chi connectivity index (χ3v) is 17.3. The van der Waals surface area contributed by atoms with Crippen LogP contribution in [0.1, 0.15) is 135 Å². The molecule has 11 atom stereocenters. The lowest BCUT2D eigenvalue weighted by molar-refractivity contribution is -0.149. The molecule has 4 rings (SSSR count). The van der Waals surface area contributed by atoms with E-state index in [4.69, 9.17) is 20.9 Å². The first-order chi connectivity index (χ1) is 38.4. The van der Waals surface area contributed by atoms with Crippen LogP contribution in [0.5, 0.6) is 0 Å². The van der Waals surface area contributed by atoms with Crippen LogP contribution in [0.3, 0.4) is 0 Å². The van der Waals surface area contributed by atoms with Crippen LogP contribution in [0.2, 0.25) is 0 Å². The minimum Gasteiger partial charge on any atom is -0.379 e. The number of likely N-dealkylation sites (tertiary alicyclic amines) is 1. The first kappa shape index (κ1) is 67.9. The molecule has 7 N–H and O–H groups in total. The van der Waals surface area contributed by atoms with Crippen molar-refractivity contribution < 1.29 is 43.0 Å². The number of nitrogens with two attached hydrogens (primary N) is 2. The summed E-state index contributed by atoms with van der Waals surface area (Å²) in [4.78, 5) is 106. The van der Waals surface area contributed by atoms with E-state index in [1.807, 2.05) is 120 Å². The summed E-state index contributed by atoms with van der Waals surface area (Å²) in [5.41, 5.74) is 14.2. The average molecular weight is 1140 g/mol. The number of carbonyl (C=O) groups is 7. The van der Waals surface area contributed by atoms with Crippen LogP contribution in [0, 0.1) is 35.5 Å². The van der Waals surface area contributed by atoms with Gasteiger partial charge in [0.05, 0.1) is 60.8 Å². The molecule has 2 heterocycles. The van der Waals surface area contributed by atoms with E-state index in [2.05, 4.69) is 39.7 Å². The normalized spacial score (nSPS) is 17.4. The Balaban J connectivity index is 1.41. The molecule has 0 unspecified atom stereocenters. The predicted octanol–water partition coefficient (Wildman–Crippen LogP) is 6.92. The Labute approximate surface area is 487 Å². The van der Waals surface area contributed by atoms with Crippen LogP contribution in [0.4, 0.5) is 4.79 Å². The zero-order chi connectivity index (χ0) is 60.1. The summed E-state index contributed by atoms with van der Waals surface area (Å²) in [5, 5.41) is 11.3. The number of carbonyl (C=O) groups excluding carboxylic acids is 7. The highest BCUT2D eigenvalue weighted by Crippen LogP contribution is 2.32. The maximum atomic E-state index is 14.9. The van der Waals surface area contributed by atoms with Crippen molar-refractivity contribution in [3.63, 3.8) is 0 Å². The summed E-state index contributed by atoms with van der Waals surface area (Å²) in [6.45, 7) is 18.9. The molecule has 3 aromatic rings. The summed E-state index contributed by atoms with van der Waals surface area (Å²) in [6, 6.07) is 13.9. The van der Waals surface area contributed by atoms with E-state index in [9.17, 15) is 33.6 Å². The number of likely N-dealkylation sites (N-methyl/N-ethyl adjacent to an activating group) is 2. The van der Waals surface area contributed by atoms with Crippen LogP contribution in [-0.4, -0.2) is 151 Å². The standard InChI is InChI=1S/C62H97N9O9S/c1-14-41(8)56(52(79-12)37-53(74)71-31-19-23-49(71)57(80-13)42(9)58(75)68-48(60-65-30-33-81-60)34-44-20-16-15-17-21-44)70(11)61(77)46(38(2)3)36-51(73)55(40(6)7)69(10)32-28-43-24-26-45(27-25-43)35-50(72)47(22-18-29-66-62(64)78)67-59(76)54(63)39(4)5/h15-17,20-21,24-27,30,33,38-42,46-49,52,54-57H,14,18-19,22-23,28-29,31-32,34-37,63H2,1-13H3,(H,67,76)(H,68,75)(H3,64,66,78)/t41-,42+,46-,47-,48-,49-,52+,54-,55-,56-,57+/m0/s1. The number of primary amides is 1. The highest BCUT2D eigenvalue weighted by atomic mass is 32.1. The van der Waals surface area contributed by atoms with Crippen molar-refractivity contribution >= 4 is 52.6 Å². The number of aromatic nitrogens is 1. The lowest BCUT2D eigenvalue weighted by Crippen LogP contribution is -2.54. The van der Waals surface area contributed by atoms with E-state index in [1.54, 1.807) is 32.4 Å². The fraction of sp³-hybridized carbons (Fsp3) is 0.645. The Bertz CT molecular complexity index is 2440. The van der Waals surface area contributed by atoms with E-state index < -0.39 is 60.1 Å². The van der Waals surface area contributed by atoms with E-state index in [0.29, 0.717) is 51.6 Å². The molecule has 0 spiro atoms. The Morgan fingerprint density at radius 3 is 2.05 bits per heavy atom. The van der Waals surface area contributed by atoms with Gasteiger partial charge < -0.3 is 46.7 Å². The molecule has 1 saturated heterocycles. The molecule has 450 valence electrons. The highest BCUT2D eigenvalue weighted by Gasteiger charge is 2.44. The Kier molecular flexibility index (Phi) is 28.1. The summed E-state index contributed by atoms with van der Waals surface area (Å²) < 4.78 is 12.3. The second-order valence-electron chi connectivity index (χ2n) is 23.4. The molecular weight excluding hydrogens is 1050 g/mol. The van der Waals surface area contributed by atoms with E-state index in [1.165, 1.54) is 11.3 Å². The fourth-order valence-corrected chi connectivity index (χ4v) is 12.1. The van der Waals surface area contributed by atoms with Crippen molar-refractivity contribution in [2.45, 2.75) is 175 Å². The maximum absolute atomic E-state index is 14.9. The molecular formula is C62H97N9O9S.